The molecule has 1 aromatic rings. The summed E-state index contributed by atoms with van der Waals surface area (Å²) in [7, 11) is -0.984. The molecule has 17 heavy (non-hydrogen) atoms. The van der Waals surface area contributed by atoms with Crippen LogP contribution in [0.25, 0.3) is 0 Å². The molecule has 0 amide bonds. The Morgan fingerprint density at radius 2 is 1.82 bits per heavy atom. The molecule has 0 aromatic heterocycles. The van der Waals surface area contributed by atoms with E-state index in [-0.39, 0.29) is 5.78 Å². The lowest BCUT2D eigenvalue weighted by molar-refractivity contribution is 0.0979. The summed E-state index contributed by atoms with van der Waals surface area (Å²) in [6.07, 6.45) is 5.02. The molecule has 0 aliphatic heterocycles. The standard InChI is InChI=1S/C13H17ClO2S/c1-17(16)12-8-6-11(7-9-12)13(15)5-3-2-4-10-14/h6-9H,2-5,10H2,1H3. The van der Waals surface area contributed by atoms with Gasteiger partial charge in [-0.15, -0.1) is 11.6 Å². The van der Waals surface area contributed by atoms with Crippen LogP contribution in [0.5, 0.6) is 0 Å². The van der Waals surface area contributed by atoms with Crippen LogP contribution >= 0.6 is 11.6 Å². The minimum absolute atomic E-state index is 0.146. The van der Waals surface area contributed by atoms with Gasteiger partial charge in [-0.05, 0) is 25.0 Å². The normalized spacial score (nSPS) is 12.4. The summed E-state index contributed by atoms with van der Waals surface area (Å²) in [4.78, 5) is 12.5. The second kappa shape index (κ2) is 7.62. The van der Waals surface area contributed by atoms with E-state index in [1.165, 1.54) is 0 Å². The maximum atomic E-state index is 11.8. The molecule has 0 fully saturated rings. The Hall–Kier alpha value is -0.670. The quantitative estimate of drug-likeness (QED) is 0.433. The van der Waals surface area contributed by atoms with E-state index in [1.807, 2.05) is 0 Å². The first-order valence-corrected chi connectivity index (χ1v) is 7.77. The number of unbranched alkanes of at least 4 members (excludes halogenated alkanes) is 2. The highest BCUT2D eigenvalue weighted by Crippen LogP contribution is 2.11. The van der Waals surface area contributed by atoms with Gasteiger partial charge in [0.05, 0.1) is 0 Å². The average Bonchev–Trinajstić information content (AvgIpc) is 2.34. The number of carbonyl (C=O) groups excluding carboxylic acids is 1. The molecule has 94 valence electrons. The smallest absolute Gasteiger partial charge is 0.162 e. The number of carbonyl (C=O) groups is 1. The highest BCUT2D eigenvalue weighted by atomic mass is 35.5. The van der Waals surface area contributed by atoms with Gasteiger partial charge in [0.2, 0.25) is 0 Å². The molecule has 0 saturated carbocycles. The molecule has 1 unspecified atom stereocenters. The SMILES string of the molecule is CS(=O)c1ccc(C(=O)CCCCCCl)cc1. The molecule has 1 atom stereocenters. The molecule has 0 radical (unpaired) electrons. The molecule has 1 rings (SSSR count). The summed E-state index contributed by atoms with van der Waals surface area (Å²) in [6.45, 7) is 0. The minimum Gasteiger partial charge on any atom is -0.294 e. The number of Topliss-reactive ketones (excluding diaryl/α,β-unsaturated/α-hetero) is 1. The van der Waals surface area contributed by atoms with Gasteiger partial charge in [-0.25, -0.2) is 0 Å². The van der Waals surface area contributed by atoms with Gasteiger partial charge < -0.3 is 0 Å². The Morgan fingerprint density at radius 1 is 1.18 bits per heavy atom. The van der Waals surface area contributed by atoms with Gasteiger partial charge in [0.15, 0.2) is 5.78 Å². The molecule has 0 aliphatic rings. The van der Waals surface area contributed by atoms with Crippen LogP contribution in [0.3, 0.4) is 0 Å². The lowest BCUT2D eigenvalue weighted by Crippen LogP contribution is -1.99. The Bertz CT molecular complexity index is 387. The molecule has 0 heterocycles. The molecule has 0 saturated heterocycles. The summed E-state index contributed by atoms with van der Waals surface area (Å²) in [5.41, 5.74) is 0.699. The number of hydrogen-bond acceptors (Lipinski definition) is 2. The molecular weight excluding hydrogens is 256 g/mol. The van der Waals surface area contributed by atoms with Crippen molar-refractivity contribution in [3.8, 4) is 0 Å². The Balaban J connectivity index is 2.49. The maximum Gasteiger partial charge on any atom is 0.162 e. The zero-order valence-corrected chi connectivity index (χ0v) is 11.5. The Morgan fingerprint density at radius 3 is 2.35 bits per heavy atom. The lowest BCUT2D eigenvalue weighted by atomic mass is 10.1. The monoisotopic (exact) mass is 272 g/mol. The first-order chi connectivity index (χ1) is 8.15. The first-order valence-electron chi connectivity index (χ1n) is 5.68. The number of alkyl halides is 1. The molecule has 0 spiro atoms. The largest absolute Gasteiger partial charge is 0.294 e. The summed E-state index contributed by atoms with van der Waals surface area (Å²) in [6, 6.07) is 7.01. The van der Waals surface area contributed by atoms with Crippen LogP contribution in [0.2, 0.25) is 0 Å². The van der Waals surface area contributed by atoms with E-state index in [4.69, 9.17) is 11.6 Å². The number of halogens is 1. The van der Waals surface area contributed by atoms with E-state index in [2.05, 4.69) is 0 Å². The lowest BCUT2D eigenvalue weighted by Gasteiger charge is -2.02. The third kappa shape index (κ3) is 5.00. The van der Waals surface area contributed by atoms with E-state index >= 15 is 0 Å². The Labute approximate surface area is 110 Å². The zero-order valence-electron chi connectivity index (χ0n) is 9.95. The second-order valence-corrected chi connectivity index (χ2v) is 5.66. The first kappa shape index (κ1) is 14.4. The molecule has 1 aromatic carbocycles. The van der Waals surface area contributed by atoms with Gasteiger partial charge >= 0.3 is 0 Å². The summed E-state index contributed by atoms with van der Waals surface area (Å²) in [5, 5.41) is 0. The molecule has 2 nitrogen and oxygen atoms in total. The topological polar surface area (TPSA) is 34.1 Å². The van der Waals surface area contributed by atoms with Crippen molar-refractivity contribution in [1.82, 2.24) is 0 Å². The Kier molecular flexibility index (Phi) is 6.45. The number of hydrogen-bond donors (Lipinski definition) is 0. The van der Waals surface area contributed by atoms with Crippen molar-refractivity contribution in [2.75, 3.05) is 12.1 Å². The second-order valence-electron chi connectivity index (χ2n) is 3.90. The van der Waals surface area contributed by atoms with Crippen molar-refractivity contribution in [3.05, 3.63) is 29.8 Å². The average molecular weight is 273 g/mol. The van der Waals surface area contributed by atoms with Gasteiger partial charge in [-0.1, -0.05) is 18.6 Å². The minimum atomic E-state index is -0.984. The fourth-order valence-corrected chi connectivity index (χ4v) is 2.24. The van der Waals surface area contributed by atoms with Gasteiger partial charge in [0.1, 0.15) is 0 Å². The van der Waals surface area contributed by atoms with Gasteiger partial charge in [0.25, 0.3) is 0 Å². The number of rotatable bonds is 7. The third-order valence-corrected chi connectivity index (χ3v) is 3.75. The van der Waals surface area contributed by atoms with Crippen LogP contribution in [0.15, 0.2) is 29.2 Å². The van der Waals surface area contributed by atoms with Crippen molar-refractivity contribution in [2.24, 2.45) is 0 Å². The van der Waals surface area contributed by atoms with E-state index < -0.39 is 10.8 Å². The van der Waals surface area contributed by atoms with E-state index in [1.54, 1.807) is 30.5 Å². The molecule has 0 bridgehead atoms. The molecule has 4 heteroatoms. The van der Waals surface area contributed by atoms with E-state index in [0.29, 0.717) is 17.9 Å². The predicted octanol–water partition coefficient (Wildman–Crippen LogP) is 3.41. The fourth-order valence-electron chi connectivity index (χ4n) is 1.53. The number of ketones is 1. The summed E-state index contributed by atoms with van der Waals surface area (Å²) < 4.78 is 11.2. The van der Waals surface area contributed by atoms with Crippen LogP contribution in [0.1, 0.15) is 36.0 Å². The predicted molar refractivity (Wildman–Crippen MR) is 72.3 cm³/mol. The van der Waals surface area contributed by atoms with Crippen LogP contribution < -0.4 is 0 Å². The molecular formula is C13H17ClO2S. The summed E-state index contributed by atoms with van der Waals surface area (Å²) in [5.74, 6) is 0.804. The fraction of sp³-hybridized carbons (Fsp3) is 0.462. The maximum absolute atomic E-state index is 11.8. The van der Waals surface area contributed by atoms with Crippen molar-refractivity contribution in [1.29, 1.82) is 0 Å². The van der Waals surface area contributed by atoms with E-state index in [0.717, 1.165) is 24.2 Å². The van der Waals surface area contributed by atoms with Gasteiger partial charge in [-0.2, -0.15) is 0 Å². The van der Waals surface area contributed by atoms with Gasteiger partial charge in [-0.3, -0.25) is 9.00 Å². The van der Waals surface area contributed by atoms with E-state index in [9.17, 15) is 9.00 Å². The summed E-state index contributed by atoms with van der Waals surface area (Å²) >= 11 is 5.57. The van der Waals surface area contributed by atoms with Crippen molar-refractivity contribution in [3.63, 3.8) is 0 Å². The highest BCUT2D eigenvalue weighted by molar-refractivity contribution is 7.84. The third-order valence-electron chi connectivity index (χ3n) is 2.55. The molecule has 0 aliphatic carbocycles. The highest BCUT2D eigenvalue weighted by Gasteiger charge is 2.06. The van der Waals surface area contributed by atoms with Crippen LogP contribution in [0.4, 0.5) is 0 Å². The van der Waals surface area contributed by atoms with Crippen LogP contribution in [0, 0.1) is 0 Å². The van der Waals surface area contributed by atoms with Crippen molar-refractivity contribution in [2.45, 2.75) is 30.6 Å². The van der Waals surface area contributed by atoms with Gasteiger partial charge in [0, 0.05) is 39.8 Å². The molecule has 0 N–H and O–H groups in total. The van der Waals surface area contributed by atoms with Crippen LogP contribution in [-0.2, 0) is 10.8 Å². The van der Waals surface area contributed by atoms with Crippen molar-refractivity contribution < 1.29 is 9.00 Å². The van der Waals surface area contributed by atoms with Crippen molar-refractivity contribution >= 4 is 28.2 Å². The number of benzene rings is 1. The zero-order chi connectivity index (χ0) is 12.7. The van der Waals surface area contributed by atoms with Crippen LogP contribution in [-0.4, -0.2) is 22.1 Å².